The Labute approximate surface area is 252 Å². The number of para-hydroxylation sites is 1. The highest BCUT2D eigenvalue weighted by Crippen LogP contribution is 2.41. The molecule has 0 bridgehead atoms. The molecular weight excluding hydrogens is 522 g/mol. The second-order valence-electron chi connectivity index (χ2n) is 11.0. The van der Waals surface area contributed by atoms with Gasteiger partial charge in [0.15, 0.2) is 0 Å². The van der Waals surface area contributed by atoms with Crippen molar-refractivity contribution in [2.75, 3.05) is 4.90 Å². The van der Waals surface area contributed by atoms with Crippen LogP contribution in [0.4, 0.5) is 22.7 Å². The summed E-state index contributed by atoms with van der Waals surface area (Å²) < 4.78 is 0. The molecule has 7 rings (SSSR count). The molecule has 0 fully saturated rings. The van der Waals surface area contributed by atoms with Crippen LogP contribution in [-0.2, 0) is 12.8 Å². The van der Waals surface area contributed by atoms with E-state index in [9.17, 15) is 5.26 Å². The summed E-state index contributed by atoms with van der Waals surface area (Å²) >= 11 is 0. The summed E-state index contributed by atoms with van der Waals surface area (Å²) in [5.41, 5.74) is 9.77. The van der Waals surface area contributed by atoms with Crippen molar-refractivity contribution in [3.05, 3.63) is 154 Å². The first-order valence-electron chi connectivity index (χ1n) is 14.8. The Bertz CT molecular complexity index is 2090. The van der Waals surface area contributed by atoms with Crippen molar-refractivity contribution in [2.45, 2.75) is 25.7 Å². The van der Waals surface area contributed by atoms with Crippen LogP contribution in [0.25, 0.3) is 38.5 Å². The maximum atomic E-state index is 9.94. The topological polar surface area (TPSA) is 31.4 Å². The average Bonchev–Trinajstić information content (AvgIpc) is 3.07. The number of aryl methyl sites for hydroxylation is 1. The monoisotopic (exact) mass is 551 g/mol. The molecule has 3 nitrogen and oxygen atoms in total. The second-order valence-corrected chi connectivity index (χ2v) is 11.0. The van der Waals surface area contributed by atoms with Crippen LogP contribution >= 0.6 is 0 Å². The van der Waals surface area contributed by atoms with Crippen LogP contribution in [0.15, 0.2) is 115 Å². The third kappa shape index (κ3) is 4.82. The molecule has 0 aliphatic heterocycles. The highest BCUT2D eigenvalue weighted by molar-refractivity contribution is 6.15. The number of hydrogen-bond acceptors (Lipinski definition) is 2. The minimum atomic E-state index is 0.591. The van der Waals surface area contributed by atoms with Gasteiger partial charge < -0.3 is 4.90 Å². The van der Waals surface area contributed by atoms with Gasteiger partial charge in [-0.2, -0.15) is 5.26 Å². The van der Waals surface area contributed by atoms with Crippen molar-refractivity contribution in [1.29, 1.82) is 5.26 Å². The van der Waals surface area contributed by atoms with Crippen LogP contribution in [0, 0.1) is 17.9 Å². The Morgan fingerprint density at radius 2 is 1.33 bits per heavy atom. The van der Waals surface area contributed by atoms with E-state index in [1.165, 1.54) is 29.7 Å². The summed E-state index contributed by atoms with van der Waals surface area (Å²) in [5.74, 6) is 0. The van der Waals surface area contributed by atoms with Gasteiger partial charge in [0.2, 0.25) is 5.69 Å². The Morgan fingerprint density at radius 3 is 2.12 bits per heavy atom. The molecule has 6 aromatic rings. The summed E-state index contributed by atoms with van der Waals surface area (Å²) in [5, 5.41) is 13.2. The summed E-state index contributed by atoms with van der Waals surface area (Å²) in [7, 11) is 0. The van der Waals surface area contributed by atoms with Crippen LogP contribution in [0.3, 0.4) is 0 Å². The fourth-order valence-electron chi connectivity index (χ4n) is 6.42. The molecular formula is C40H29N3. The lowest BCUT2D eigenvalue weighted by Gasteiger charge is -2.30. The van der Waals surface area contributed by atoms with Gasteiger partial charge in [0.25, 0.3) is 0 Å². The summed E-state index contributed by atoms with van der Waals surface area (Å²) in [6, 6.07) is 42.1. The van der Waals surface area contributed by atoms with E-state index in [1.54, 1.807) is 0 Å². The molecule has 6 aromatic carbocycles. The molecule has 0 spiro atoms. The molecule has 0 unspecified atom stereocenters. The van der Waals surface area contributed by atoms with Crippen LogP contribution in [0.2, 0.25) is 0 Å². The molecule has 1 aliphatic carbocycles. The summed E-state index contributed by atoms with van der Waals surface area (Å²) in [6.45, 7) is 7.89. The first-order chi connectivity index (χ1) is 21.2. The maximum Gasteiger partial charge on any atom is 0.202 e. The zero-order valence-electron chi connectivity index (χ0n) is 23.8. The van der Waals surface area contributed by atoms with Gasteiger partial charge in [-0.1, -0.05) is 97.1 Å². The van der Waals surface area contributed by atoms with Crippen molar-refractivity contribution in [1.82, 2.24) is 0 Å². The summed E-state index contributed by atoms with van der Waals surface area (Å²) in [4.78, 5) is 6.26. The van der Waals surface area contributed by atoms with E-state index in [-0.39, 0.29) is 0 Å². The van der Waals surface area contributed by atoms with Crippen LogP contribution in [0.1, 0.15) is 40.7 Å². The zero-order chi connectivity index (χ0) is 29.2. The molecule has 0 saturated carbocycles. The molecule has 204 valence electrons. The maximum absolute atomic E-state index is 9.94. The normalized spacial score (nSPS) is 12.6. The number of anilines is 3. The lowest BCUT2D eigenvalue weighted by atomic mass is 9.90. The van der Waals surface area contributed by atoms with Crippen molar-refractivity contribution < 1.29 is 0 Å². The van der Waals surface area contributed by atoms with Crippen LogP contribution in [-0.4, -0.2) is 0 Å². The van der Waals surface area contributed by atoms with Gasteiger partial charge in [-0.3, -0.25) is 0 Å². The Balaban J connectivity index is 1.24. The first kappa shape index (κ1) is 26.3. The standard InChI is InChI=1S/C40H29N3/c1-42-40-36-16-8-7-15-34(36)38(27-41)35-25-22-29(26-37(35)40)19-18-28-20-23-32(24-21-28)43(31-12-3-2-4-13-31)39-17-9-11-30-10-5-6-14-33(30)39/h2-4,7-9,11-13,15-26H,5-6,10,14H2. The van der Waals surface area contributed by atoms with Crippen molar-refractivity contribution in [3.8, 4) is 6.07 Å². The van der Waals surface area contributed by atoms with Gasteiger partial charge in [-0.25, -0.2) is 4.85 Å². The molecule has 3 heteroatoms. The number of rotatable bonds is 5. The number of hydrogen-bond donors (Lipinski definition) is 0. The van der Waals surface area contributed by atoms with E-state index < -0.39 is 0 Å². The predicted molar refractivity (Wildman–Crippen MR) is 179 cm³/mol. The number of nitrogens with zero attached hydrogens (tertiary/aromatic N) is 3. The van der Waals surface area contributed by atoms with E-state index in [4.69, 9.17) is 6.57 Å². The highest BCUT2D eigenvalue weighted by atomic mass is 15.1. The van der Waals surface area contributed by atoms with Gasteiger partial charge in [0.05, 0.1) is 12.1 Å². The Kier molecular flexibility index (Phi) is 6.92. The quantitative estimate of drug-likeness (QED) is 0.121. The molecule has 0 radical (unpaired) electrons. The minimum absolute atomic E-state index is 0.591. The fourth-order valence-corrected chi connectivity index (χ4v) is 6.42. The SMILES string of the molecule is [C-]#[N+]c1c2ccccc2c(C#N)c2ccc(C=Cc3ccc(N(c4ccccc4)c4cccc5c4CCCC5)cc3)cc12. The largest absolute Gasteiger partial charge is 0.310 e. The second kappa shape index (κ2) is 11.3. The number of fused-ring (bicyclic) bond motifs is 3. The van der Waals surface area contributed by atoms with Crippen molar-refractivity contribution in [3.63, 3.8) is 0 Å². The molecule has 0 heterocycles. The third-order valence-electron chi connectivity index (χ3n) is 8.49. The van der Waals surface area contributed by atoms with E-state index in [0.717, 1.165) is 56.9 Å². The zero-order valence-corrected chi connectivity index (χ0v) is 23.8. The summed E-state index contributed by atoms with van der Waals surface area (Å²) in [6.07, 6.45) is 8.93. The lowest BCUT2D eigenvalue weighted by molar-refractivity contribution is 0.686. The smallest absolute Gasteiger partial charge is 0.202 e. The van der Waals surface area contributed by atoms with Gasteiger partial charge in [0.1, 0.15) is 6.07 Å². The molecule has 0 atom stereocenters. The predicted octanol–water partition coefficient (Wildman–Crippen LogP) is 10.9. The Hall–Kier alpha value is -5.64. The van der Waals surface area contributed by atoms with E-state index >= 15 is 0 Å². The van der Waals surface area contributed by atoms with Gasteiger partial charge >= 0.3 is 0 Å². The minimum Gasteiger partial charge on any atom is -0.310 e. The van der Waals surface area contributed by atoms with Gasteiger partial charge in [0, 0.05) is 17.1 Å². The first-order valence-corrected chi connectivity index (χ1v) is 14.8. The van der Waals surface area contributed by atoms with Gasteiger partial charge in [-0.15, -0.1) is 0 Å². The van der Waals surface area contributed by atoms with Crippen LogP contribution < -0.4 is 4.90 Å². The van der Waals surface area contributed by atoms with Gasteiger partial charge in [-0.05, 0) is 99.8 Å². The third-order valence-corrected chi connectivity index (χ3v) is 8.49. The van der Waals surface area contributed by atoms with E-state index in [1.807, 2.05) is 42.5 Å². The molecule has 0 aromatic heterocycles. The molecule has 0 N–H and O–H groups in total. The fraction of sp³-hybridized carbons (Fsp3) is 0.100. The molecule has 0 saturated heterocycles. The van der Waals surface area contributed by atoms with Crippen molar-refractivity contribution >= 4 is 56.4 Å². The lowest BCUT2D eigenvalue weighted by Crippen LogP contribution is -2.15. The molecule has 1 aliphatic rings. The highest BCUT2D eigenvalue weighted by Gasteiger charge is 2.20. The van der Waals surface area contributed by atoms with E-state index in [0.29, 0.717) is 11.3 Å². The van der Waals surface area contributed by atoms with Crippen LogP contribution in [0.5, 0.6) is 0 Å². The molecule has 43 heavy (non-hydrogen) atoms. The molecule has 0 amide bonds. The number of benzene rings is 6. The van der Waals surface area contributed by atoms with E-state index in [2.05, 4.69) is 101 Å². The van der Waals surface area contributed by atoms with Crippen molar-refractivity contribution in [2.24, 2.45) is 0 Å². The average molecular weight is 552 g/mol. The number of nitriles is 1. The Morgan fingerprint density at radius 1 is 0.651 bits per heavy atom.